The molecular weight excluding hydrogens is 200 g/mol. The molecule has 0 saturated carbocycles. The number of unbranched alkanes of at least 4 members (excludes halogenated alkanes) is 1. The Labute approximate surface area is 95.9 Å². The van der Waals surface area contributed by atoms with E-state index in [0.717, 1.165) is 5.56 Å². The number of nitrogens with zero attached hydrogens (tertiary/aromatic N) is 1. The molecular formula is C13H16N2O. The summed E-state index contributed by atoms with van der Waals surface area (Å²) in [6.45, 7) is 1.84. The number of primary amides is 1. The highest BCUT2D eigenvalue weighted by Crippen LogP contribution is 2.29. The van der Waals surface area contributed by atoms with Gasteiger partial charge < -0.3 is 5.73 Å². The van der Waals surface area contributed by atoms with E-state index in [1.807, 2.05) is 37.3 Å². The van der Waals surface area contributed by atoms with Crippen LogP contribution in [0.5, 0.6) is 0 Å². The smallest absolute Gasteiger partial charge is 0.227 e. The Balaban J connectivity index is 2.90. The molecule has 0 aliphatic heterocycles. The highest BCUT2D eigenvalue weighted by molar-refractivity contribution is 5.86. The number of carbonyl (C=O) groups excluding carboxylic acids is 1. The van der Waals surface area contributed by atoms with E-state index in [9.17, 15) is 4.79 Å². The molecule has 0 spiro atoms. The van der Waals surface area contributed by atoms with Gasteiger partial charge in [-0.15, -0.1) is 0 Å². The largest absolute Gasteiger partial charge is 0.369 e. The monoisotopic (exact) mass is 216 g/mol. The first-order valence-corrected chi connectivity index (χ1v) is 5.33. The van der Waals surface area contributed by atoms with E-state index in [1.54, 1.807) is 0 Å². The van der Waals surface area contributed by atoms with E-state index in [-0.39, 0.29) is 5.91 Å². The fraction of sp³-hybridized carbons (Fsp3) is 0.385. The van der Waals surface area contributed by atoms with Gasteiger partial charge in [0.05, 0.1) is 11.5 Å². The van der Waals surface area contributed by atoms with Gasteiger partial charge in [0.2, 0.25) is 5.91 Å². The molecule has 0 aromatic heterocycles. The zero-order valence-electron chi connectivity index (χ0n) is 9.44. The summed E-state index contributed by atoms with van der Waals surface area (Å²) >= 11 is 0. The van der Waals surface area contributed by atoms with Crippen molar-refractivity contribution in [2.75, 3.05) is 0 Å². The standard InChI is InChI=1S/C13H16N2O/c1-13(12(15)16,9-5-6-10-14)11-7-3-2-4-8-11/h2-4,7-8H,5-6,9H2,1H3,(H2,15,16)/t13-/m0/s1. The molecule has 2 N–H and O–H groups in total. The lowest BCUT2D eigenvalue weighted by Crippen LogP contribution is -2.38. The molecule has 84 valence electrons. The van der Waals surface area contributed by atoms with Gasteiger partial charge in [-0.1, -0.05) is 30.3 Å². The molecule has 0 radical (unpaired) electrons. The lowest BCUT2D eigenvalue weighted by molar-refractivity contribution is -0.123. The lowest BCUT2D eigenvalue weighted by Gasteiger charge is -2.26. The van der Waals surface area contributed by atoms with E-state index in [2.05, 4.69) is 6.07 Å². The molecule has 0 aliphatic rings. The molecule has 3 heteroatoms. The molecule has 1 aromatic carbocycles. The van der Waals surface area contributed by atoms with Crippen molar-refractivity contribution in [1.29, 1.82) is 5.26 Å². The summed E-state index contributed by atoms with van der Waals surface area (Å²) in [6.07, 6.45) is 1.75. The Morgan fingerprint density at radius 3 is 2.56 bits per heavy atom. The summed E-state index contributed by atoms with van der Waals surface area (Å²) in [5, 5.41) is 8.51. The summed E-state index contributed by atoms with van der Waals surface area (Å²) in [6, 6.07) is 11.6. The van der Waals surface area contributed by atoms with Crippen LogP contribution in [0.4, 0.5) is 0 Å². The molecule has 16 heavy (non-hydrogen) atoms. The van der Waals surface area contributed by atoms with E-state index in [4.69, 9.17) is 11.0 Å². The highest BCUT2D eigenvalue weighted by Gasteiger charge is 2.32. The van der Waals surface area contributed by atoms with Crippen LogP contribution in [0.2, 0.25) is 0 Å². The third-order valence-corrected chi connectivity index (χ3v) is 2.92. The second-order valence-electron chi connectivity index (χ2n) is 4.07. The molecule has 0 aliphatic carbocycles. The van der Waals surface area contributed by atoms with E-state index in [1.165, 1.54) is 0 Å². The normalized spacial score (nSPS) is 13.8. The molecule has 1 amide bonds. The van der Waals surface area contributed by atoms with Gasteiger partial charge in [0.15, 0.2) is 0 Å². The van der Waals surface area contributed by atoms with Crippen molar-refractivity contribution >= 4 is 5.91 Å². The molecule has 0 bridgehead atoms. The molecule has 1 rings (SSSR count). The Bertz CT molecular complexity index is 394. The molecule has 1 aromatic rings. The second-order valence-corrected chi connectivity index (χ2v) is 4.07. The highest BCUT2D eigenvalue weighted by atomic mass is 16.1. The minimum Gasteiger partial charge on any atom is -0.369 e. The summed E-state index contributed by atoms with van der Waals surface area (Å²) < 4.78 is 0. The van der Waals surface area contributed by atoms with Crippen LogP contribution >= 0.6 is 0 Å². The number of benzene rings is 1. The Hall–Kier alpha value is -1.82. The summed E-state index contributed by atoms with van der Waals surface area (Å²) in [4.78, 5) is 11.6. The lowest BCUT2D eigenvalue weighted by atomic mass is 9.77. The quantitative estimate of drug-likeness (QED) is 0.766. The van der Waals surface area contributed by atoms with Gasteiger partial charge in [0.1, 0.15) is 0 Å². The zero-order valence-corrected chi connectivity index (χ0v) is 9.44. The average Bonchev–Trinajstić information content (AvgIpc) is 2.30. The Morgan fingerprint density at radius 1 is 1.44 bits per heavy atom. The van der Waals surface area contributed by atoms with Gasteiger partial charge in [-0.2, -0.15) is 5.26 Å². The van der Waals surface area contributed by atoms with Crippen molar-refractivity contribution in [1.82, 2.24) is 0 Å². The van der Waals surface area contributed by atoms with Crippen molar-refractivity contribution in [3.8, 4) is 6.07 Å². The third-order valence-electron chi connectivity index (χ3n) is 2.92. The van der Waals surface area contributed by atoms with Crippen LogP contribution < -0.4 is 5.73 Å². The molecule has 0 saturated heterocycles. The molecule has 0 unspecified atom stereocenters. The van der Waals surface area contributed by atoms with Crippen molar-refractivity contribution < 1.29 is 4.79 Å². The van der Waals surface area contributed by atoms with Crippen molar-refractivity contribution in [2.24, 2.45) is 5.73 Å². The first-order valence-electron chi connectivity index (χ1n) is 5.33. The second kappa shape index (κ2) is 5.32. The number of hydrogen-bond acceptors (Lipinski definition) is 2. The summed E-state index contributed by atoms with van der Waals surface area (Å²) in [7, 11) is 0. The summed E-state index contributed by atoms with van der Waals surface area (Å²) in [5.41, 5.74) is 5.71. The minimum atomic E-state index is -0.669. The number of amides is 1. The van der Waals surface area contributed by atoms with Crippen LogP contribution in [0.1, 0.15) is 31.7 Å². The van der Waals surface area contributed by atoms with Gasteiger partial charge >= 0.3 is 0 Å². The molecule has 1 atom stereocenters. The van der Waals surface area contributed by atoms with E-state index < -0.39 is 5.41 Å². The number of rotatable bonds is 5. The van der Waals surface area contributed by atoms with Gasteiger partial charge in [-0.25, -0.2) is 0 Å². The first kappa shape index (κ1) is 12.3. The predicted octanol–water partition coefficient (Wildman–Crippen LogP) is 2.12. The van der Waals surface area contributed by atoms with Gasteiger partial charge in [0.25, 0.3) is 0 Å². The van der Waals surface area contributed by atoms with Crippen LogP contribution in [-0.4, -0.2) is 5.91 Å². The van der Waals surface area contributed by atoms with Crippen LogP contribution in [0.3, 0.4) is 0 Å². The fourth-order valence-electron chi connectivity index (χ4n) is 1.74. The zero-order chi connectivity index (χ0) is 12.0. The first-order chi connectivity index (χ1) is 7.61. The van der Waals surface area contributed by atoms with Crippen molar-refractivity contribution in [2.45, 2.75) is 31.6 Å². The Morgan fingerprint density at radius 2 is 2.06 bits per heavy atom. The maximum Gasteiger partial charge on any atom is 0.227 e. The number of hydrogen-bond donors (Lipinski definition) is 1. The Kier molecular flexibility index (Phi) is 4.07. The maximum absolute atomic E-state index is 11.6. The number of nitrogens with two attached hydrogens (primary N) is 1. The van der Waals surface area contributed by atoms with Gasteiger partial charge in [0, 0.05) is 6.42 Å². The summed E-state index contributed by atoms with van der Waals surface area (Å²) in [5.74, 6) is -0.336. The molecule has 3 nitrogen and oxygen atoms in total. The van der Waals surface area contributed by atoms with Gasteiger partial charge in [-0.05, 0) is 25.3 Å². The van der Waals surface area contributed by atoms with Crippen LogP contribution in [0.25, 0.3) is 0 Å². The SMILES string of the molecule is C[C@@](CCCC#N)(C(N)=O)c1ccccc1. The van der Waals surface area contributed by atoms with Crippen molar-refractivity contribution in [3.63, 3.8) is 0 Å². The third kappa shape index (κ3) is 2.60. The van der Waals surface area contributed by atoms with Crippen LogP contribution in [-0.2, 0) is 10.2 Å². The molecule has 0 fully saturated rings. The predicted molar refractivity (Wildman–Crippen MR) is 62.5 cm³/mol. The van der Waals surface area contributed by atoms with E-state index in [0.29, 0.717) is 19.3 Å². The number of carbonyl (C=O) groups is 1. The topological polar surface area (TPSA) is 66.9 Å². The minimum absolute atomic E-state index is 0.336. The average molecular weight is 216 g/mol. The molecule has 0 heterocycles. The maximum atomic E-state index is 11.6. The van der Waals surface area contributed by atoms with Gasteiger partial charge in [-0.3, -0.25) is 4.79 Å². The number of nitriles is 1. The van der Waals surface area contributed by atoms with E-state index >= 15 is 0 Å². The van der Waals surface area contributed by atoms with Crippen LogP contribution in [0, 0.1) is 11.3 Å². The van der Waals surface area contributed by atoms with Crippen molar-refractivity contribution in [3.05, 3.63) is 35.9 Å². The van der Waals surface area contributed by atoms with Crippen LogP contribution in [0.15, 0.2) is 30.3 Å². The fourth-order valence-corrected chi connectivity index (χ4v) is 1.74.